The van der Waals surface area contributed by atoms with Gasteiger partial charge in [-0.25, -0.2) is 9.37 Å². The highest BCUT2D eigenvalue weighted by Crippen LogP contribution is 2.06. The lowest BCUT2D eigenvalue weighted by Crippen LogP contribution is -2.27. The minimum atomic E-state index is -0.379. The van der Waals surface area contributed by atoms with E-state index in [0.29, 0.717) is 18.5 Å². The van der Waals surface area contributed by atoms with Gasteiger partial charge in [-0.3, -0.25) is 9.78 Å². The number of nitrogens with two attached hydrogens (primary N) is 1. The van der Waals surface area contributed by atoms with E-state index in [0.717, 1.165) is 0 Å². The van der Waals surface area contributed by atoms with Crippen molar-refractivity contribution in [2.75, 3.05) is 12.3 Å². The lowest BCUT2D eigenvalue weighted by atomic mass is 10.1. The van der Waals surface area contributed by atoms with Gasteiger partial charge in [0.25, 0.3) is 5.91 Å². The van der Waals surface area contributed by atoms with Crippen LogP contribution < -0.4 is 11.1 Å². The Morgan fingerprint density at radius 2 is 2.11 bits per heavy atom. The minimum absolute atomic E-state index is 0.147. The highest BCUT2D eigenvalue weighted by molar-refractivity contribution is 5.92. The van der Waals surface area contributed by atoms with Crippen LogP contribution in [-0.4, -0.2) is 22.4 Å². The van der Waals surface area contributed by atoms with Crippen molar-refractivity contribution < 1.29 is 9.18 Å². The molecule has 1 aromatic heterocycles. The first-order chi connectivity index (χ1) is 9.16. The predicted octanol–water partition coefficient (Wildman–Crippen LogP) is 1.17. The summed E-state index contributed by atoms with van der Waals surface area (Å²) in [4.78, 5) is 19.3. The van der Waals surface area contributed by atoms with Gasteiger partial charge in [-0.2, -0.15) is 0 Å². The molecule has 5 nitrogen and oxygen atoms in total. The van der Waals surface area contributed by atoms with Crippen molar-refractivity contribution in [3.63, 3.8) is 0 Å². The van der Waals surface area contributed by atoms with Gasteiger partial charge in [-0.1, -0.05) is 18.2 Å². The van der Waals surface area contributed by atoms with E-state index in [4.69, 9.17) is 5.73 Å². The molecule has 1 heterocycles. The van der Waals surface area contributed by atoms with E-state index in [1.807, 2.05) is 0 Å². The molecule has 1 aromatic carbocycles. The third-order valence-electron chi connectivity index (χ3n) is 2.52. The van der Waals surface area contributed by atoms with Gasteiger partial charge >= 0.3 is 0 Å². The molecule has 0 spiro atoms. The van der Waals surface area contributed by atoms with E-state index < -0.39 is 0 Å². The Morgan fingerprint density at radius 3 is 2.84 bits per heavy atom. The molecule has 0 saturated heterocycles. The number of amides is 1. The summed E-state index contributed by atoms with van der Waals surface area (Å²) < 4.78 is 13.3. The highest BCUT2D eigenvalue weighted by Gasteiger charge is 2.08. The number of benzene rings is 1. The van der Waals surface area contributed by atoms with Gasteiger partial charge in [0.15, 0.2) is 0 Å². The Labute approximate surface area is 109 Å². The molecular formula is C13H13FN4O. The molecule has 0 atom stereocenters. The van der Waals surface area contributed by atoms with Gasteiger partial charge < -0.3 is 11.1 Å². The topological polar surface area (TPSA) is 80.9 Å². The highest BCUT2D eigenvalue weighted by atomic mass is 19.1. The molecule has 6 heteroatoms. The lowest BCUT2D eigenvalue weighted by molar-refractivity contribution is 0.0948. The minimum Gasteiger partial charge on any atom is -0.382 e. The van der Waals surface area contributed by atoms with Crippen LogP contribution in [-0.2, 0) is 6.42 Å². The van der Waals surface area contributed by atoms with Crippen LogP contribution >= 0.6 is 0 Å². The van der Waals surface area contributed by atoms with Crippen molar-refractivity contribution in [2.45, 2.75) is 6.42 Å². The fourth-order valence-corrected chi connectivity index (χ4v) is 1.59. The Balaban J connectivity index is 1.90. The van der Waals surface area contributed by atoms with Crippen molar-refractivity contribution in [3.05, 3.63) is 53.7 Å². The number of anilines is 1. The zero-order valence-corrected chi connectivity index (χ0v) is 10.1. The molecule has 0 radical (unpaired) electrons. The Hall–Kier alpha value is -2.50. The van der Waals surface area contributed by atoms with Crippen LogP contribution in [0.25, 0.3) is 0 Å². The number of hydrogen-bond donors (Lipinski definition) is 2. The molecular weight excluding hydrogens is 247 g/mol. The number of halogens is 1. The zero-order chi connectivity index (χ0) is 13.7. The molecule has 0 aliphatic rings. The summed E-state index contributed by atoms with van der Waals surface area (Å²) in [7, 11) is 0. The molecule has 19 heavy (non-hydrogen) atoms. The molecule has 2 rings (SSSR count). The summed E-state index contributed by atoms with van der Waals surface area (Å²) in [6, 6.07) is 6.45. The van der Waals surface area contributed by atoms with E-state index in [1.165, 1.54) is 18.5 Å². The number of rotatable bonds is 4. The first-order valence-electron chi connectivity index (χ1n) is 5.76. The third-order valence-corrected chi connectivity index (χ3v) is 2.52. The van der Waals surface area contributed by atoms with Gasteiger partial charge in [-0.05, 0) is 18.1 Å². The average Bonchev–Trinajstić information content (AvgIpc) is 2.41. The maximum absolute atomic E-state index is 13.3. The summed E-state index contributed by atoms with van der Waals surface area (Å²) in [5.74, 6) is -0.474. The molecule has 0 aliphatic heterocycles. The molecule has 0 fully saturated rings. The van der Waals surface area contributed by atoms with Crippen molar-refractivity contribution in [1.82, 2.24) is 15.3 Å². The fraction of sp³-hybridized carbons (Fsp3) is 0.154. The van der Waals surface area contributed by atoms with Crippen LogP contribution in [0.5, 0.6) is 0 Å². The van der Waals surface area contributed by atoms with Crippen molar-refractivity contribution in [2.24, 2.45) is 0 Å². The number of carbonyl (C=O) groups excluding carboxylic acids is 1. The van der Waals surface area contributed by atoms with Gasteiger partial charge in [-0.15, -0.1) is 0 Å². The first kappa shape index (κ1) is 12.9. The second kappa shape index (κ2) is 5.90. The largest absolute Gasteiger partial charge is 0.382 e. The molecule has 1 amide bonds. The van der Waals surface area contributed by atoms with Crippen molar-refractivity contribution in [3.8, 4) is 0 Å². The smallest absolute Gasteiger partial charge is 0.271 e. The van der Waals surface area contributed by atoms with Crippen molar-refractivity contribution in [1.29, 1.82) is 0 Å². The number of nitrogen functional groups attached to an aromatic ring is 1. The van der Waals surface area contributed by atoms with Crippen molar-refractivity contribution >= 4 is 11.7 Å². The van der Waals surface area contributed by atoms with E-state index in [-0.39, 0.29) is 23.2 Å². The number of aromatic nitrogens is 2. The SMILES string of the molecule is Nc1cncc(C(=O)NCCc2ccccc2F)n1. The number of hydrogen-bond acceptors (Lipinski definition) is 4. The van der Waals surface area contributed by atoms with Crippen LogP contribution in [0.2, 0.25) is 0 Å². The predicted molar refractivity (Wildman–Crippen MR) is 68.9 cm³/mol. The number of nitrogens with zero attached hydrogens (tertiary/aromatic N) is 2. The second-order valence-corrected chi connectivity index (χ2v) is 3.93. The normalized spacial score (nSPS) is 10.2. The molecule has 2 aromatic rings. The van der Waals surface area contributed by atoms with Gasteiger partial charge in [0.1, 0.15) is 17.3 Å². The van der Waals surface area contributed by atoms with Crippen LogP contribution in [0.1, 0.15) is 16.1 Å². The van der Waals surface area contributed by atoms with Crippen LogP contribution in [0, 0.1) is 5.82 Å². The van der Waals surface area contributed by atoms with Crippen LogP contribution in [0.3, 0.4) is 0 Å². The van der Waals surface area contributed by atoms with Gasteiger partial charge in [0, 0.05) is 6.54 Å². The standard InChI is InChI=1S/C13H13FN4O/c14-10-4-2-1-3-9(10)5-6-17-13(19)11-7-16-8-12(15)18-11/h1-4,7-8H,5-6H2,(H2,15,18)(H,17,19). The summed E-state index contributed by atoms with van der Waals surface area (Å²) in [5, 5.41) is 2.64. The molecule has 0 unspecified atom stereocenters. The van der Waals surface area contributed by atoms with E-state index >= 15 is 0 Å². The summed E-state index contributed by atoms with van der Waals surface area (Å²) in [6.07, 6.45) is 3.10. The Morgan fingerprint density at radius 1 is 1.32 bits per heavy atom. The lowest BCUT2D eigenvalue weighted by Gasteiger charge is -2.05. The summed E-state index contributed by atoms with van der Waals surface area (Å²) >= 11 is 0. The third kappa shape index (κ3) is 3.48. The van der Waals surface area contributed by atoms with Gasteiger partial charge in [0.05, 0.1) is 12.4 Å². The molecule has 0 bridgehead atoms. The summed E-state index contributed by atoms with van der Waals surface area (Å²) in [5.41, 5.74) is 6.14. The molecule has 0 saturated carbocycles. The molecule has 3 N–H and O–H groups in total. The Bertz CT molecular complexity index is 588. The average molecular weight is 260 g/mol. The summed E-state index contributed by atoms with van der Waals surface area (Å²) in [6.45, 7) is 0.316. The maximum Gasteiger partial charge on any atom is 0.271 e. The monoisotopic (exact) mass is 260 g/mol. The molecule has 98 valence electrons. The molecule has 0 aliphatic carbocycles. The van der Waals surface area contributed by atoms with Gasteiger partial charge in [0.2, 0.25) is 0 Å². The maximum atomic E-state index is 13.3. The Kier molecular flexibility index (Phi) is 4.02. The van der Waals surface area contributed by atoms with Crippen LogP contribution in [0.4, 0.5) is 10.2 Å². The van der Waals surface area contributed by atoms with E-state index in [2.05, 4.69) is 15.3 Å². The quantitative estimate of drug-likeness (QED) is 0.864. The zero-order valence-electron chi connectivity index (χ0n) is 10.1. The van der Waals surface area contributed by atoms with Crippen LogP contribution in [0.15, 0.2) is 36.7 Å². The van der Waals surface area contributed by atoms with E-state index in [9.17, 15) is 9.18 Å². The second-order valence-electron chi connectivity index (χ2n) is 3.93. The van der Waals surface area contributed by atoms with E-state index in [1.54, 1.807) is 18.2 Å². The number of carbonyl (C=O) groups is 1. The fourth-order valence-electron chi connectivity index (χ4n) is 1.59. The first-order valence-corrected chi connectivity index (χ1v) is 5.76. The number of nitrogens with one attached hydrogen (secondary N) is 1.